The lowest BCUT2D eigenvalue weighted by Gasteiger charge is -2.07. The largest absolute Gasteiger partial charge is 0.478 e. The third-order valence-electron chi connectivity index (χ3n) is 1.83. The second-order valence-corrected chi connectivity index (χ2v) is 4.01. The van der Waals surface area contributed by atoms with E-state index in [9.17, 15) is 4.79 Å². The van der Waals surface area contributed by atoms with Crippen LogP contribution in [0.25, 0.3) is 0 Å². The molecule has 0 heterocycles. The molecule has 0 saturated heterocycles. The van der Waals surface area contributed by atoms with E-state index >= 15 is 0 Å². The number of aromatic carboxylic acids is 1. The minimum atomic E-state index is -0.971. The molecule has 5 heteroatoms. The number of nitrogens with two attached hydrogens (primary N) is 1. The van der Waals surface area contributed by atoms with Crippen molar-refractivity contribution in [3.63, 3.8) is 0 Å². The van der Waals surface area contributed by atoms with Gasteiger partial charge >= 0.3 is 5.97 Å². The van der Waals surface area contributed by atoms with Gasteiger partial charge in [0, 0.05) is 16.0 Å². The van der Waals surface area contributed by atoms with Crippen molar-refractivity contribution < 1.29 is 9.90 Å². The van der Waals surface area contributed by atoms with Crippen LogP contribution in [0.1, 0.15) is 15.9 Å². The van der Waals surface area contributed by atoms with Crippen molar-refractivity contribution in [1.29, 1.82) is 0 Å². The molecular weight excluding hydrogens is 269 g/mol. The van der Waals surface area contributed by atoms with E-state index in [0.29, 0.717) is 22.5 Å². The van der Waals surface area contributed by atoms with E-state index in [1.165, 1.54) is 6.07 Å². The molecule has 0 atom stereocenters. The van der Waals surface area contributed by atoms with Crippen molar-refractivity contribution in [2.45, 2.75) is 6.42 Å². The van der Waals surface area contributed by atoms with Gasteiger partial charge in [0.2, 0.25) is 0 Å². The summed E-state index contributed by atoms with van der Waals surface area (Å²) >= 11 is 8.78. The number of halogens is 2. The molecule has 0 aliphatic carbocycles. The molecule has 0 bridgehead atoms. The van der Waals surface area contributed by atoms with Crippen LogP contribution in [0.4, 0.5) is 5.69 Å². The minimum Gasteiger partial charge on any atom is -0.478 e. The fraction of sp³-hybridized carbons (Fsp3) is 0.222. The van der Waals surface area contributed by atoms with Crippen LogP contribution in [-0.4, -0.2) is 17.0 Å². The Morgan fingerprint density at radius 3 is 2.71 bits per heavy atom. The number of hydrogen-bond donors (Lipinski definition) is 2. The van der Waals surface area contributed by atoms with Gasteiger partial charge in [0.1, 0.15) is 0 Å². The summed E-state index contributed by atoms with van der Waals surface area (Å²) < 4.78 is 0.595. The fourth-order valence-corrected chi connectivity index (χ4v) is 1.81. The maximum absolute atomic E-state index is 10.7. The molecule has 0 aliphatic heterocycles. The van der Waals surface area contributed by atoms with Crippen LogP contribution >= 0.6 is 27.5 Å². The molecule has 0 spiro atoms. The Morgan fingerprint density at radius 2 is 2.21 bits per heavy atom. The normalized spacial score (nSPS) is 10.1. The van der Waals surface area contributed by atoms with E-state index in [0.717, 1.165) is 5.56 Å². The van der Waals surface area contributed by atoms with E-state index in [-0.39, 0.29) is 5.56 Å². The zero-order valence-corrected chi connectivity index (χ0v) is 9.60. The van der Waals surface area contributed by atoms with Gasteiger partial charge in [-0.3, -0.25) is 0 Å². The molecule has 1 aromatic rings. The number of anilines is 1. The number of hydrogen-bond acceptors (Lipinski definition) is 2. The Bertz CT molecular complexity index is 368. The summed E-state index contributed by atoms with van der Waals surface area (Å²) in [6.45, 7) is 0. The summed E-state index contributed by atoms with van der Waals surface area (Å²) in [5.41, 5.74) is 7.26. The number of carboxylic acids is 1. The molecule has 0 aliphatic rings. The topological polar surface area (TPSA) is 63.3 Å². The average molecular weight is 279 g/mol. The summed E-state index contributed by atoms with van der Waals surface area (Å²) in [6.07, 6.45) is 0.563. The number of aryl methyl sites for hydroxylation is 1. The molecule has 1 rings (SSSR count). The highest BCUT2D eigenvalue weighted by Gasteiger charge is 2.10. The molecule has 0 aromatic heterocycles. The quantitative estimate of drug-likeness (QED) is 0.659. The maximum Gasteiger partial charge on any atom is 0.335 e. The van der Waals surface area contributed by atoms with Gasteiger partial charge in [0.25, 0.3) is 0 Å². The molecule has 0 radical (unpaired) electrons. The molecule has 0 saturated carbocycles. The van der Waals surface area contributed by atoms with Crippen molar-refractivity contribution >= 4 is 39.2 Å². The van der Waals surface area contributed by atoms with Crippen molar-refractivity contribution in [3.8, 4) is 0 Å². The molecule has 76 valence electrons. The number of rotatable bonds is 3. The van der Waals surface area contributed by atoms with Crippen LogP contribution in [0, 0.1) is 0 Å². The Morgan fingerprint density at radius 1 is 1.57 bits per heavy atom. The Labute approximate surface area is 95.0 Å². The highest BCUT2D eigenvalue weighted by molar-refractivity contribution is 9.10. The lowest BCUT2D eigenvalue weighted by molar-refractivity contribution is 0.0696. The zero-order chi connectivity index (χ0) is 10.7. The summed E-state index contributed by atoms with van der Waals surface area (Å²) in [5, 5.41) is 8.80. The first-order valence-electron chi connectivity index (χ1n) is 3.93. The Balaban J connectivity index is 3.20. The summed E-state index contributed by atoms with van der Waals surface area (Å²) in [6, 6.07) is 3.03. The average Bonchev–Trinajstić information content (AvgIpc) is 2.12. The number of carbonyl (C=O) groups is 1. The molecular formula is C9H9BrClNO2. The lowest BCUT2D eigenvalue weighted by Crippen LogP contribution is -2.02. The van der Waals surface area contributed by atoms with Crippen LogP contribution in [0.5, 0.6) is 0 Å². The first-order chi connectivity index (χ1) is 6.56. The summed E-state index contributed by atoms with van der Waals surface area (Å²) in [7, 11) is 0. The van der Waals surface area contributed by atoms with Crippen LogP contribution in [0.2, 0.25) is 0 Å². The Hall–Kier alpha value is -0.740. The molecule has 1 aromatic carbocycles. The smallest absolute Gasteiger partial charge is 0.335 e. The van der Waals surface area contributed by atoms with E-state index in [1.807, 2.05) is 0 Å². The van der Waals surface area contributed by atoms with Crippen molar-refractivity contribution in [1.82, 2.24) is 0 Å². The minimum absolute atomic E-state index is 0.214. The van der Waals surface area contributed by atoms with Crippen LogP contribution in [0.15, 0.2) is 16.6 Å². The van der Waals surface area contributed by atoms with Gasteiger partial charge in [-0.2, -0.15) is 0 Å². The Kier molecular flexibility index (Phi) is 3.77. The highest BCUT2D eigenvalue weighted by atomic mass is 79.9. The molecule has 0 fully saturated rings. The fourth-order valence-electron chi connectivity index (χ4n) is 1.11. The molecule has 0 amide bonds. The summed E-state index contributed by atoms with van der Waals surface area (Å²) in [5.74, 6) is -0.554. The van der Waals surface area contributed by atoms with Crippen LogP contribution in [0.3, 0.4) is 0 Å². The predicted molar refractivity (Wildman–Crippen MR) is 59.9 cm³/mol. The van der Waals surface area contributed by atoms with Gasteiger partial charge in [-0.1, -0.05) is 0 Å². The van der Waals surface area contributed by atoms with Gasteiger partial charge in [-0.05, 0) is 40.0 Å². The molecule has 3 nitrogen and oxygen atoms in total. The van der Waals surface area contributed by atoms with Crippen molar-refractivity contribution in [3.05, 3.63) is 27.7 Å². The zero-order valence-electron chi connectivity index (χ0n) is 7.26. The lowest BCUT2D eigenvalue weighted by atomic mass is 10.1. The molecule has 0 unspecified atom stereocenters. The number of carboxylic acid groups (broad SMARTS) is 1. The summed E-state index contributed by atoms with van der Waals surface area (Å²) in [4.78, 5) is 10.7. The van der Waals surface area contributed by atoms with Gasteiger partial charge < -0.3 is 10.8 Å². The maximum atomic E-state index is 10.7. The predicted octanol–water partition coefficient (Wildman–Crippen LogP) is 2.51. The van der Waals surface area contributed by atoms with Gasteiger partial charge in [0.05, 0.1) is 5.56 Å². The highest BCUT2D eigenvalue weighted by Crippen LogP contribution is 2.26. The third kappa shape index (κ3) is 2.39. The van der Waals surface area contributed by atoms with Crippen LogP contribution in [-0.2, 0) is 6.42 Å². The van der Waals surface area contributed by atoms with Gasteiger partial charge in [-0.15, -0.1) is 11.6 Å². The second kappa shape index (κ2) is 4.66. The third-order valence-corrected chi connectivity index (χ3v) is 2.67. The number of nitrogen functional groups attached to an aromatic ring is 1. The number of alkyl halides is 1. The van der Waals surface area contributed by atoms with E-state index in [2.05, 4.69) is 15.9 Å². The molecule has 3 N–H and O–H groups in total. The van der Waals surface area contributed by atoms with E-state index in [4.69, 9.17) is 22.4 Å². The van der Waals surface area contributed by atoms with Gasteiger partial charge in [0.15, 0.2) is 0 Å². The van der Waals surface area contributed by atoms with Crippen LogP contribution < -0.4 is 5.73 Å². The standard InChI is InChI=1S/C9H9BrClNO2/c10-7-4-6(9(13)14)3-5(1-2-11)8(7)12/h3-4H,1-2,12H2,(H,13,14). The van der Waals surface area contributed by atoms with Gasteiger partial charge in [-0.25, -0.2) is 4.79 Å². The molecule has 14 heavy (non-hydrogen) atoms. The monoisotopic (exact) mass is 277 g/mol. The first kappa shape index (κ1) is 11.3. The SMILES string of the molecule is Nc1c(Br)cc(C(=O)O)cc1CCCl. The van der Waals surface area contributed by atoms with E-state index in [1.54, 1.807) is 6.07 Å². The van der Waals surface area contributed by atoms with Crippen molar-refractivity contribution in [2.75, 3.05) is 11.6 Å². The van der Waals surface area contributed by atoms with Crippen molar-refractivity contribution in [2.24, 2.45) is 0 Å². The van der Waals surface area contributed by atoms with E-state index < -0.39 is 5.97 Å². The first-order valence-corrected chi connectivity index (χ1v) is 5.26. The second-order valence-electron chi connectivity index (χ2n) is 2.78. The number of benzene rings is 1.